The maximum Gasteiger partial charge on any atom is 0.329 e. The van der Waals surface area contributed by atoms with E-state index in [1.54, 1.807) is 17.8 Å². The second-order valence-electron chi connectivity index (χ2n) is 6.84. The number of esters is 1. The summed E-state index contributed by atoms with van der Waals surface area (Å²) in [4.78, 5) is 37.8. The summed E-state index contributed by atoms with van der Waals surface area (Å²) in [5, 5.41) is 5.40. The van der Waals surface area contributed by atoms with Crippen LogP contribution in [0.4, 0.5) is 5.69 Å². The van der Waals surface area contributed by atoms with E-state index in [2.05, 4.69) is 10.6 Å². The van der Waals surface area contributed by atoms with Gasteiger partial charge in [0, 0.05) is 10.6 Å². The predicted octanol–water partition coefficient (Wildman–Crippen LogP) is 3.27. The first-order valence-corrected chi connectivity index (χ1v) is 10.6. The highest BCUT2D eigenvalue weighted by atomic mass is 32.2. The van der Waals surface area contributed by atoms with Gasteiger partial charge in [0.1, 0.15) is 6.04 Å². The maximum atomic E-state index is 12.4. The molecule has 0 aromatic heterocycles. The number of anilines is 1. The van der Waals surface area contributed by atoms with Crippen LogP contribution in [0.3, 0.4) is 0 Å². The minimum absolute atomic E-state index is 0.170. The van der Waals surface area contributed by atoms with Crippen molar-refractivity contribution in [1.29, 1.82) is 0 Å². The van der Waals surface area contributed by atoms with Crippen molar-refractivity contribution < 1.29 is 19.1 Å². The summed E-state index contributed by atoms with van der Waals surface area (Å²) >= 11 is 1.56. The first-order chi connectivity index (χ1) is 13.9. The lowest BCUT2D eigenvalue weighted by Crippen LogP contribution is -2.46. The third-order valence-electron chi connectivity index (χ3n) is 4.14. The third-order valence-corrected chi connectivity index (χ3v) is 4.87. The van der Waals surface area contributed by atoms with E-state index in [-0.39, 0.29) is 18.2 Å². The molecule has 0 spiro atoms. The largest absolute Gasteiger partial charge is 0.454 e. The number of amides is 2. The summed E-state index contributed by atoms with van der Waals surface area (Å²) in [5.74, 6) is -1.52. The monoisotopic (exact) mass is 414 g/mol. The molecule has 2 amide bonds. The number of ether oxygens (including phenoxy) is 1. The third kappa shape index (κ3) is 7.62. The fourth-order valence-corrected chi connectivity index (χ4v) is 3.09. The van der Waals surface area contributed by atoms with Crippen LogP contribution in [0.15, 0.2) is 59.5 Å². The van der Waals surface area contributed by atoms with Gasteiger partial charge in [0.15, 0.2) is 6.61 Å². The zero-order valence-electron chi connectivity index (χ0n) is 16.8. The Bertz CT molecular complexity index is 840. The van der Waals surface area contributed by atoms with Crippen molar-refractivity contribution in [3.8, 4) is 0 Å². The minimum atomic E-state index is -0.821. The van der Waals surface area contributed by atoms with E-state index in [4.69, 9.17) is 4.74 Å². The van der Waals surface area contributed by atoms with Gasteiger partial charge in [-0.25, -0.2) is 4.79 Å². The normalized spacial score (nSPS) is 11.6. The van der Waals surface area contributed by atoms with Gasteiger partial charge in [-0.05, 0) is 35.9 Å². The number of thioether (sulfide) groups is 1. The average molecular weight is 415 g/mol. The van der Waals surface area contributed by atoms with Gasteiger partial charge in [-0.1, -0.05) is 50.2 Å². The highest BCUT2D eigenvalue weighted by Crippen LogP contribution is 2.18. The zero-order valence-corrected chi connectivity index (χ0v) is 17.6. The molecular formula is C22H26N2O4S. The van der Waals surface area contributed by atoms with Crippen LogP contribution < -0.4 is 10.6 Å². The van der Waals surface area contributed by atoms with Crippen molar-refractivity contribution in [2.45, 2.75) is 31.2 Å². The van der Waals surface area contributed by atoms with E-state index in [0.29, 0.717) is 5.69 Å². The first-order valence-electron chi connectivity index (χ1n) is 9.33. The van der Waals surface area contributed by atoms with Crippen LogP contribution >= 0.6 is 11.8 Å². The molecule has 0 radical (unpaired) electrons. The Hall–Kier alpha value is -2.80. The van der Waals surface area contributed by atoms with Crippen molar-refractivity contribution in [2.24, 2.45) is 5.92 Å². The van der Waals surface area contributed by atoms with Crippen molar-refractivity contribution in [3.05, 3.63) is 60.2 Å². The van der Waals surface area contributed by atoms with Crippen LogP contribution in [-0.4, -0.2) is 36.7 Å². The fourth-order valence-electron chi connectivity index (χ4n) is 2.63. The van der Waals surface area contributed by atoms with Gasteiger partial charge in [-0.15, -0.1) is 11.8 Å². The number of hydrogen-bond acceptors (Lipinski definition) is 5. The molecule has 2 rings (SSSR count). The minimum Gasteiger partial charge on any atom is -0.454 e. The van der Waals surface area contributed by atoms with Crippen LogP contribution in [-0.2, 0) is 25.5 Å². The molecule has 7 heteroatoms. The molecule has 0 bridgehead atoms. The van der Waals surface area contributed by atoms with Crippen molar-refractivity contribution >= 4 is 35.2 Å². The molecular weight excluding hydrogens is 388 g/mol. The molecule has 0 aliphatic heterocycles. The molecule has 6 nitrogen and oxygen atoms in total. The van der Waals surface area contributed by atoms with Crippen molar-refractivity contribution in [1.82, 2.24) is 5.32 Å². The van der Waals surface area contributed by atoms with Crippen LogP contribution in [0.25, 0.3) is 0 Å². The molecule has 1 atom stereocenters. The van der Waals surface area contributed by atoms with Crippen molar-refractivity contribution in [3.63, 3.8) is 0 Å². The van der Waals surface area contributed by atoms with Crippen molar-refractivity contribution in [2.75, 3.05) is 18.2 Å². The SMILES string of the molecule is CSc1cccc(NC(=O)COC(=O)[C@@H](NC(=O)Cc2ccccc2)C(C)C)c1. The molecule has 2 aromatic rings. The van der Waals surface area contributed by atoms with E-state index in [1.807, 2.05) is 68.6 Å². The quantitative estimate of drug-likeness (QED) is 0.486. The number of nitrogens with one attached hydrogen (secondary N) is 2. The Balaban J connectivity index is 1.86. The van der Waals surface area contributed by atoms with Crippen LogP contribution in [0.1, 0.15) is 19.4 Å². The second-order valence-corrected chi connectivity index (χ2v) is 7.72. The van der Waals surface area contributed by atoms with E-state index >= 15 is 0 Å². The fraction of sp³-hybridized carbons (Fsp3) is 0.318. The van der Waals surface area contributed by atoms with Gasteiger partial charge < -0.3 is 15.4 Å². The molecule has 0 aliphatic carbocycles. The van der Waals surface area contributed by atoms with Gasteiger partial charge in [0.2, 0.25) is 5.91 Å². The summed E-state index contributed by atoms with van der Waals surface area (Å²) < 4.78 is 5.14. The van der Waals surface area contributed by atoms with E-state index in [1.165, 1.54) is 0 Å². The molecule has 0 aliphatic rings. The molecule has 0 fully saturated rings. The van der Waals surface area contributed by atoms with Gasteiger partial charge in [0.25, 0.3) is 5.91 Å². The van der Waals surface area contributed by atoms with Crippen LogP contribution in [0.5, 0.6) is 0 Å². The summed E-state index contributed by atoms with van der Waals surface area (Å²) in [5.41, 5.74) is 1.49. The smallest absolute Gasteiger partial charge is 0.329 e. The number of benzene rings is 2. The molecule has 0 unspecified atom stereocenters. The number of carbonyl (C=O) groups is 3. The number of carbonyl (C=O) groups excluding carboxylic acids is 3. The molecule has 154 valence electrons. The molecule has 29 heavy (non-hydrogen) atoms. The number of hydrogen-bond donors (Lipinski definition) is 2. The molecule has 0 saturated carbocycles. The Labute approximate surface area is 175 Å². The Morgan fingerprint density at radius 1 is 1.00 bits per heavy atom. The topological polar surface area (TPSA) is 84.5 Å². The Morgan fingerprint density at radius 2 is 1.72 bits per heavy atom. The zero-order chi connectivity index (χ0) is 21.2. The average Bonchev–Trinajstić information content (AvgIpc) is 2.71. The first kappa shape index (κ1) is 22.5. The summed E-state index contributed by atoms with van der Waals surface area (Å²) in [7, 11) is 0. The summed E-state index contributed by atoms with van der Waals surface area (Å²) in [6.45, 7) is 3.20. The highest BCUT2D eigenvalue weighted by Gasteiger charge is 2.26. The Morgan fingerprint density at radius 3 is 2.38 bits per heavy atom. The number of rotatable bonds is 9. The molecule has 2 N–H and O–H groups in total. The van der Waals surface area contributed by atoms with E-state index in [0.717, 1.165) is 10.5 Å². The van der Waals surface area contributed by atoms with Gasteiger partial charge in [0.05, 0.1) is 6.42 Å². The van der Waals surface area contributed by atoms with Crippen LogP contribution in [0.2, 0.25) is 0 Å². The second kappa shape index (κ2) is 11.3. The van der Waals surface area contributed by atoms with Crippen LogP contribution in [0, 0.1) is 5.92 Å². The lowest BCUT2D eigenvalue weighted by atomic mass is 10.0. The Kier molecular flexibility index (Phi) is 8.73. The van der Waals surface area contributed by atoms with Gasteiger partial charge >= 0.3 is 5.97 Å². The highest BCUT2D eigenvalue weighted by molar-refractivity contribution is 7.98. The van der Waals surface area contributed by atoms with Gasteiger partial charge in [-0.3, -0.25) is 9.59 Å². The van der Waals surface area contributed by atoms with Gasteiger partial charge in [-0.2, -0.15) is 0 Å². The molecule has 2 aromatic carbocycles. The predicted molar refractivity (Wildman–Crippen MR) is 115 cm³/mol. The lowest BCUT2D eigenvalue weighted by molar-refractivity contribution is -0.151. The van der Waals surface area contributed by atoms with E-state index < -0.39 is 24.5 Å². The summed E-state index contributed by atoms with van der Waals surface area (Å²) in [6.07, 6.45) is 2.12. The lowest BCUT2D eigenvalue weighted by Gasteiger charge is -2.20. The maximum absolute atomic E-state index is 12.4. The molecule has 0 heterocycles. The molecule has 0 saturated heterocycles. The standard InChI is InChI=1S/C22H26N2O4S/c1-15(2)21(24-19(25)12-16-8-5-4-6-9-16)22(27)28-14-20(26)23-17-10-7-11-18(13-17)29-3/h4-11,13,15,21H,12,14H2,1-3H3,(H,23,26)(H,24,25)/t21-/m0/s1. The summed E-state index contributed by atoms with van der Waals surface area (Å²) in [6, 6.07) is 15.8. The van der Waals surface area contributed by atoms with E-state index in [9.17, 15) is 14.4 Å².